The number of rotatable bonds is 14. The summed E-state index contributed by atoms with van der Waals surface area (Å²) in [7, 11) is 0. The summed E-state index contributed by atoms with van der Waals surface area (Å²) in [6.07, 6.45) is -1.83. The van der Waals surface area contributed by atoms with Gasteiger partial charge < -0.3 is 14.2 Å². The van der Waals surface area contributed by atoms with E-state index in [4.69, 9.17) is 9.47 Å². The van der Waals surface area contributed by atoms with Crippen LogP contribution in [0.25, 0.3) is 11.3 Å². The van der Waals surface area contributed by atoms with Crippen molar-refractivity contribution in [3.63, 3.8) is 0 Å². The Labute approximate surface area is 192 Å². The van der Waals surface area contributed by atoms with Crippen LogP contribution in [-0.2, 0) is 9.53 Å². The van der Waals surface area contributed by atoms with Crippen LogP contribution in [0.15, 0.2) is 36.4 Å². The monoisotopic (exact) mass is 468 g/mol. The summed E-state index contributed by atoms with van der Waals surface area (Å²) in [5.74, 6) is -0.232. The number of hydrogen-bond donors (Lipinski definition) is 0. The maximum atomic E-state index is 13.2. The second-order valence-corrected chi connectivity index (χ2v) is 7.62. The summed E-state index contributed by atoms with van der Waals surface area (Å²) in [6, 6.07) is 10.3. The van der Waals surface area contributed by atoms with Crippen molar-refractivity contribution in [3.8, 4) is 22.9 Å². The van der Waals surface area contributed by atoms with Crippen molar-refractivity contribution in [2.75, 3.05) is 13.2 Å². The zero-order valence-electron chi connectivity index (χ0n) is 19.1. The van der Waals surface area contributed by atoms with Gasteiger partial charge in [-0.2, -0.15) is 13.2 Å². The fourth-order valence-electron chi connectivity index (χ4n) is 2.91. The molecule has 0 bridgehead atoms. The van der Waals surface area contributed by atoms with Gasteiger partial charge in [0.2, 0.25) is 12.0 Å². The lowest BCUT2D eigenvalue weighted by molar-refractivity contribution is -0.227. The lowest BCUT2D eigenvalue weighted by Crippen LogP contribution is -2.38. The van der Waals surface area contributed by atoms with E-state index in [-0.39, 0.29) is 12.3 Å². The summed E-state index contributed by atoms with van der Waals surface area (Å²) in [4.78, 5) is 11.7. The first kappa shape index (κ1) is 26.4. The Bertz CT molecular complexity index is 827. The third-order valence-electron chi connectivity index (χ3n) is 4.81. The van der Waals surface area contributed by atoms with Crippen LogP contribution in [0, 0.1) is 0 Å². The number of ether oxygens (including phenoxy) is 3. The zero-order chi connectivity index (χ0) is 24.1. The van der Waals surface area contributed by atoms with E-state index in [1.807, 2.05) is 31.2 Å². The molecule has 1 heterocycles. The van der Waals surface area contributed by atoms with Crippen molar-refractivity contribution in [2.24, 2.45) is 0 Å². The van der Waals surface area contributed by atoms with E-state index in [9.17, 15) is 18.0 Å². The molecule has 0 amide bonds. The first-order valence-corrected chi connectivity index (χ1v) is 11.3. The summed E-state index contributed by atoms with van der Waals surface area (Å²) >= 11 is 0. The van der Waals surface area contributed by atoms with E-state index in [0.717, 1.165) is 43.4 Å². The van der Waals surface area contributed by atoms with Gasteiger partial charge in [0.15, 0.2) is 0 Å². The largest absolute Gasteiger partial charge is 0.494 e. The molecule has 1 unspecified atom stereocenters. The second-order valence-electron chi connectivity index (χ2n) is 7.62. The number of hydrogen-bond acceptors (Lipinski definition) is 6. The third-order valence-corrected chi connectivity index (χ3v) is 4.81. The number of unbranched alkanes of at least 4 members (excludes halogenated alkanes) is 4. The minimum absolute atomic E-state index is 0.0580. The summed E-state index contributed by atoms with van der Waals surface area (Å²) < 4.78 is 55.0. The van der Waals surface area contributed by atoms with Gasteiger partial charge >= 0.3 is 12.1 Å². The zero-order valence-corrected chi connectivity index (χ0v) is 19.1. The predicted octanol–water partition coefficient (Wildman–Crippen LogP) is 6.15. The molecular weight excluding hydrogens is 437 g/mol. The summed E-state index contributed by atoms with van der Waals surface area (Å²) in [5, 5.41) is 7.84. The summed E-state index contributed by atoms with van der Waals surface area (Å²) in [6.45, 7) is 3.83. The van der Waals surface area contributed by atoms with Crippen LogP contribution in [0.2, 0.25) is 0 Å². The molecular formula is C24H31F3N2O4. The highest BCUT2D eigenvalue weighted by molar-refractivity contribution is 5.69. The van der Waals surface area contributed by atoms with Crippen molar-refractivity contribution in [3.05, 3.63) is 36.4 Å². The Hall–Kier alpha value is -2.84. The molecule has 0 spiro atoms. The molecule has 0 aliphatic heterocycles. The number of esters is 1. The van der Waals surface area contributed by atoms with Crippen LogP contribution < -0.4 is 9.47 Å². The van der Waals surface area contributed by atoms with Crippen LogP contribution in [-0.4, -0.2) is 41.7 Å². The number of alkyl halides is 3. The lowest BCUT2D eigenvalue weighted by Gasteiger charge is -2.20. The Kier molecular flexibility index (Phi) is 10.9. The number of aromatic nitrogens is 2. The molecule has 0 fully saturated rings. The highest BCUT2D eigenvalue weighted by atomic mass is 19.4. The third kappa shape index (κ3) is 9.67. The van der Waals surface area contributed by atoms with Crippen molar-refractivity contribution >= 4 is 5.97 Å². The molecule has 0 radical (unpaired) electrons. The van der Waals surface area contributed by atoms with Gasteiger partial charge in [0, 0.05) is 18.1 Å². The molecule has 1 atom stereocenters. The summed E-state index contributed by atoms with van der Waals surface area (Å²) in [5.41, 5.74) is 1.32. The quantitative estimate of drug-likeness (QED) is 0.245. The molecule has 2 aromatic rings. The van der Waals surface area contributed by atoms with Gasteiger partial charge in [0.25, 0.3) is 0 Å². The molecule has 0 aliphatic carbocycles. The first-order valence-electron chi connectivity index (χ1n) is 11.3. The Morgan fingerprint density at radius 3 is 2.21 bits per heavy atom. The molecule has 1 aromatic heterocycles. The Morgan fingerprint density at radius 2 is 1.61 bits per heavy atom. The van der Waals surface area contributed by atoms with Crippen LogP contribution in [0.1, 0.15) is 58.8 Å². The van der Waals surface area contributed by atoms with Gasteiger partial charge in [0.1, 0.15) is 12.4 Å². The van der Waals surface area contributed by atoms with Gasteiger partial charge in [0.05, 0.1) is 12.3 Å². The molecule has 0 saturated carbocycles. The number of halogens is 3. The normalized spacial score (nSPS) is 12.3. The van der Waals surface area contributed by atoms with Crippen molar-refractivity contribution in [1.82, 2.24) is 10.2 Å². The van der Waals surface area contributed by atoms with E-state index in [0.29, 0.717) is 18.7 Å². The van der Waals surface area contributed by atoms with Crippen molar-refractivity contribution < 1.29 is 32.2 Å². The van der Waals surface area contributed by atoms with E-state index in [1.54, 1.807) is 6.07 Å². The maximum Gasteiger partial charge on any atom is 0.428 e. The predicted molar refractivity (Wildman–Crippen MR) is 118 cm³/mol. The smallest absolute Gasteiger partial charge is 0.428 e. The van der Waals surface area contributed by atoms with Gasteiger partial charge in [-0.3, -0.25) is 4.79 Å². The Morgan fingerprint density at radius 1 is 0.909 bits per heavy atom. The average Bonchev–Trinajstić information content (AvgIpc) is 2.80. The van der Waals surface area contributed by atoms with Gasteiger partial charge in [-0.25, -0.2) is 0 Å². The molecule has 6 nitrogen and oxygen atoms in total. The second kappa shape index (κ2) is 13.6. The molecule has 0 aliphatic rings. The molecule has 9 heteroatoms. The van der Waals surface area contributed by atoms with Gasteiger partial charge in [-0.15, -0.1) is 10.2 Å². The van der Waals surface area contributed by atoms with Crippen molar-refractivity contribution in [2.45, 2.75) is 71.1 Å². The fourth-order valence-corrected chi connectivity index (χ4v) is 2.91. The van der Waals surface area contributed by atoms with E-state index < -0.39 is 24.9 Å². The topological polar surface area (TPSA) is 70.5 Å². The standard InChI is InChI=1S/C24H31F3N2O4/c1-3-5-7-9-23(30)33-21(24(25,26)27)17-32-22-15-14-20(28-29-22)18-10-12-19(13-11-18)31-16-8-6-4-2/h10-15,21H,3-9,16-17H2,1-2H3. The number of benzene rings is 1. The molecule has 182 valence electrons. The van der Waals surface area contributed by atoms with Crippen LogP contribution in [0.5, 0.6) is 11.6 Å². The molecule has 0 saturated heterocycles. The molecule has 1 aromatic carbocycles. The van der Waals surface area contributed by atoms with Crippen molar-refractivity contribution in [1.29, 1.82) is 0 Å². The van der Waals surface area contributed by atoms with Crippen LogP contribution in [0.4, 0.5) is 13.2 Å². The van der Waals surface area contributed by atoms with E-state index in [1.165, 1.54) is 6.07 Å². The fraction of sp³-hybridized carbons (Fsp3) is 0.542. The number of carbonyl (C=O) groups excluding carboxylic acids is 1. The number of carbonyl (C=O) groups is 1. The van der Waals surface area contributed by atoms with Gasteiger partial charge in [-0.1, -0.05) is 39.5 Å². The highest BCUT2D eigenvalue weighted by Gasteiger charge is 2.43. The lowest BCUT2D eigenvalue weighted by atomic mass is 10.1. The highest BCUT2D eigenvalue weighted by Crippen LogP contribution is 2.25. The average molecular weight is 469 g/mol. The molecule has 0 N–H and O–H groups in total. The SMILES string of the molecule is CCCCCOc1ccc(-c2ccc(OCC(OC(=O)CCCCC)C(F)(F)F)nn2)cc1. The minimum atomic E-state index is -4.74. The Balaban J connectivity index is 1.89. The first-order chi connectivity index (χ1) is 15.8. The van der Waals surface area contributed by atoms with Crippen LogP contribution in [0.3, 0.4) is 0 Å². The van der Waals surface area contributed by atoms with Crippen LogP contribution >= 0.6 is 0 Å². The number of nitrogens with zero attached hydrogens (tertiary/aromatic N) is 2. The van der Waals surface area contributed by atoms with E-state index in [2.05, 4.69) is 21.9 Å². The maximum absolute atomic E-state index is 13.2. The molecule has 33 heavy (non-hydrogen) atoms. The van der Waals surface area contributed by atoms with E-state index >= 15 is 0 Å². The minimum Gasteiger partial charge on any atom is -0.494 e. The van der Waals surface area contributed by atoms with Gasteiger partial charge in [-0.05, 0) is 43.2 Å². The molecule has 2 rings (SSSR count).